The van der Waals surface area contributed by atoms with Crippen LogP contribution in [-0.4, -0.2) is 6.54 Å². The van der Waals surface area contributed by atoms with Crippen molar-refractivity contribution in [1.82, 2.24) is 5.32 Å². The minimum atomic E-state index is 0.715. The van der Waals surface area contributed by atoms with Gasteiger partial charge in [0.1, 0.15) is 0 Å². The number of nitrogen functional groups attached to an aromatic ring is 1. The molecule has 2 nitrogen and oxygen atoms in total. The summed E-state index contributed by atoms with van der Waals surface area (Å²) in [6.45, 7) is 11.1. The van der Waals surface area contributed by atoms with Crippen molar-refractivity contribution in [1.29, 1.82) is 0 Å². The molecule has 0 aliphatic rings. The third-order valence-electron chi connectivity index (χ3n) is 3.48. The zero-order valence-corrected chi connectivity index (χ0v) is 13.4. The molecule has 0 fully saturated rings. The zero-order valence-electron chi connectivity index (χ0n) is 11.8. The number of halogens is 1. The van der Waals surface area contributed by atoms with E-state index in [1.54, 1.807) is 0 Å². The molecule has 0 aromatic heterocycles. The highest BCUT2D eigenvalue weighted by Crippen LogP contribution is 2.21. The molecule has 0 aliphatic carbocycles. The summed E-state index contributed by atoms with van der Waals surface area (Å²) in [5.74, 6) is 2.15. The molecule has 0 heterocycles. The second kappa shape index (κ2) is 7.15. The molecule has 0 bridgehead atoms. The molecule has 1 rings (SSSR count). The third-order valence-corrected chi connectivity index (χ3v) is 4.20. The van der Waals surface area contributed by atoms with Crippen LogP contribution in [0.5, 0.6) is 0 Å². The van der Waals surface area contributed by atoms with Gasteiger partial charge >= 0.3 is 0 Å². The molecule has 0 spiro atoms. The Morgan fingerprint density at radius 3 is 2.28 bits per heavy atom. The minimum absolute atomic E-state index is 0.715. The lowest BCUT2D eigenvalue weighted by atomic mass is 9.85. The lowest BCUT2D eigenvalue weighted by Gasteiger charge is -2.25. The largest absolute Gasteiger partial charge is 0.398 e. The number of hydrogen-bond donors (Lipinski definition) is 2. The summed E-state index contributed by atoms with van der Waals surface area (Å²) in [6, 6.07) is 6.14. The molecule has 0 unspecified atom stereocenters. The first kappa shape index (κ1) is 15.5. The maximum atomic E-state index is 5.87. The number of nitrogens with two attached hydrogens (primary N) is 1. The summed E-state index contributed by atoms with van der Waals surface area (Å²) >= 11 is 3.41. The molecule has 0 radical (unpaired) electrons. The maximum absolute atomic E-state index is 5.87. The van der Waals surface area contributed by atoms with Crippen LogP contribution in [0.15, 0.2) is 22.7 Å². The van der Waals surface area contributed by atoms with Gasteiger partial charge in [0.2, 0.25) is 0 Å². The molecule has 0 saturated heterocycles. The fourth-order valence-electron chi connectivity index (χ4n) is 2.33. The van der Waals surface area contributed by atoms with Gasteiger partial charge in [-0.25, -0.2) is 0 Å². The van der Waals surface area contributed by atoms with Crippen LogP contribution in [0.1, 0.15) is 33.3 Å². The fourth-order valence-corrected chi connectivity index (χ4v) is 2.57. The number of rotatable bonds is 6. The Bertz CT molecular complexity index is 367. The Balaban J connectivity index is 2.47. The van der Waals surface area contributed by atoms with Crippen molar-refractivity contribution in [2.24, 2.45) is 17.8 Å². The maximum Gasteiger partial charge on any atom is 0.0461 e. The van der Waals surface area contributed by atoms with Gasteiger partial charge in [-0.3, -0.25) is 0 Å². The van der Waals surface area contributed by atoms with Gasteiger partial charge in [0, 0.05) is 16.7 Å². The van der Waals surface area contributed by atoms with Crippen LogP contribution in [0.4, 0.5) is 5.69 Å². The minimum Gasteiger partial charge on any atom is -0.398 e. The number of benzene rings is 1. The molecule has 0 aliphatic heterocycles. The van der Waals surface area contributed by atoms with E-state index < -0.39 is 0 Å². The predicted molar refractivity (Wildman–Crippen MR) is 83.4 cm³/mol. The van der Waals surface area contributed by atoms with E-state index in [-0.39, 0.29) is 0 Å². The van der Waals surface area contributed by atoms with Gasteiger partial charge in [0.05, 0.1) is 0 Å². The SMILES string of the molecule is CC(C)C(CNCc1ccc(Br)c(N)c1)C(C)C. The lowest BCUT2D eigenvalue weighted by Crippen LogP contribution is -2.29. The van der Waals surface area contributed by atoms with Gasteiger partial charge in [-0.05, 0) is 57.9 Å². The zero-order chi connectivity index (χ0) is 13.7. The standard InChI is InChI=1S/C15H25BrN2/c1-10(2)13(11(3)4)9-18-8-12-5-6-14(16)15(17)7-12/h5-7,10-11,13,18H,8-9,17H2,1-4H3. The molecule has 1 aromatic rings. The van der Waals surface area contributed by atoms with Crippen LogP contribution in [0.25, 0.3) is 0 Å². The summed E-state index contributed by atoms with van der Waals surface area (Å²) in [4.78, 5) is 0. The monoisotopic (exact) mass is 312 g/mol. The molecule has 1 aromatic carbocycles. The first-order valence-corrected chi connectivity index (χ1v) is 7.45. The molecular weight excluding hydrogens is 288 g/mol. The Morgan fingerprint density at radius 2 is 1.78 bits per heavy atom. The van der Waals surface area contributed by atoms with Crippen molar-refractivity contribution in [2.45, 2.75) is 34.2 Å². The van der Waals surface area contributed by atoms with E-state index >= 15 is 0 Å². The first-order valence-electron chi connectivity index (χ1n) is 6.66. The summed E-state index contributed by atoms with van der Waals surface area (Å²) in [5, 5.41) is 3.54. The van der Waals surface area contributed by atoms with Crippen molar-refractivity contribution in [3.63, 3.8) is 0 Å². The Morgan fingerprint density at radius 1 is 1.17 bits per heavy atom. The van der Waals surface area contributed by atoms with E-state index in [0.29, 0.717) is 11.8 Å². The lowest BCUT2D eigenvalue weighted by molar-refractivity contribution is 0.275. The summed E-state index contributed by atoms with van der Waals surface area (Å²) in [6.07, 6.45) is 0. The molecule has 3 N–H and O–H groups in total. The van der Waals surface area contributed by atoms with Gasteiger partial charge in [0.25, 0.3) is 0 Å². The normalized spacial score (nSPS) is 11.8. The predicted octanol–water partition coefficient (Wildman–Crippen LogP) is 4.05. The second-order valence-corrected chi connectivity index (χ2v) is 6.49. The van der Waals surface area contributed by atoms with E-state index in [4.69, 9.17) is 5.73 Å². The van der Waals surface area contributed by atoms with Crippen molar-refractivity contribution in [3.8, 4) is 0 Å². The topological polar surface area (TPSA) is 38.0 Å². The van der Waals surface area contributed by atoms with Crippen molar-refractivity contribution >= 4 is 21.6 Å². The molecule has 18 heavy (non-hydrogen) atoms. The van der Waals surface area contributed by atoms with E-state index in [1.807, 2.05) is 12.1 Å². The summed E-state index contributed by atoms with van der Waals surface area (Å²) in [5.41, 5.74) is 7.92. The van der Waals surface area contributed by atoms with Crippen LogP contribution in [-0.2, 0) is 6.54 Å². The molecule has 3 heteroatoms. The van der Waals surface area contributed by atoms with Crippen LogP contribution < -0.4 is 11.1 Å². The smallest absolute Gasteiger partial charge is 0.0461 e. The van der Waals surface area contributed by atoms with Crippen molar-refractivity contribution in [2.75, 3.05) is 12.3 Å². The molecule has 0 saturated carbocycles. The summed E-state index contributed by atoms with van der Waals surface area (Å²) < 4.78 is 0.966. The number of hydrogen-bond acceptors (Lipinski definition) is 2. The Hall–Kier alpha value is -0.540. The van der Waals surface area contributed by atoms with Gasteiger partial charge in [-0.2, -0.15) is 0 Å². The first-order chi connectivity index (χ1) is 8.41. The van der Waals surface area contributed by atoms with Gasteiger partial charge in [0.15, 0.2) is 0 Å². The van der Waals surface area contributed by atoms with Crippen LogP contribution >= 0.6 is 15.9 Å². The van der Waals surface area contributed by atoms with E-state index in [0.717, 1.165) is 29.2 Å². The van der Waals surface area contributed by atoms with E-state index in [9.17, 15) is 0 Å². The van der Waals surface area contributed by atoms with Crippen molar-refractivity contribution in [3.05, 3.63) is 28.2 Å². The van der Waals surface area contributed by atoms with Gasteiger partial charge in [-0.15, -0.1) is 0 Å². The number of nitrogens with one attached hydrogen (secondary N) is 1. The third kappa shape index (κ3) is 4.62. The average molecular weight is 313 g/mol. The fraction of sp³-hybridized carbons (Fsp3) is 0.600. The molecule has 0 atom stereocenters. The van der Waals surface area contributed by atoms with Gasteiger partial charge < -0.3 is 11.1 Å². The highest BCUT2D eigenvalue weighted by atomic mass is 79.9. The molecular formula is C15H25BrN2. The van der Waals surface area contributed by atoms with Gasteiger partial charge in [-0.1, -0.05) is 33.8 Å². The Kier molecular flexibility index (Phi) is 6.16. The van der Waals surface area contributed by atoms with Crippen LogP contribution in [0.3, 0.4) is 0 Å². The highest BCUT2D eigenvalue weighted by molar-refractivity contribution is 9.10. The molecule has 102 valence electrons. The highest BCUT2D eigenvalue weighted by Gasteiger charge is 2.16. The number of anilines is 1. The van der Waals surface area contributed by atoms with E-state index in [2.05, 4.69) is 55.0 Å². The van der Waals surface area contributed by atoms with E-state index in [1.165, 1.54) is 5.56 Å². The Labute approximate surface area is 119 Å². The average Bonchev–Trinajstić information content (AvgIpc) is 2.28. The van der Waals surface area contributed by atoms with Crippen LogP contribution in [0, 0.1) is 17.8 Å². The van der Waals surface area contributed by atoms with Crippen molar-refractivity contribution < 1.29 is 0 Å². The van der Waals surface area contributed by atoms with Crippen LogP contribution in [0.2, 0.25) is 0 Å². The quantitative estimate of drug-likeness (QED) is 0.778. The second-order valence-electron chi connectivity index (χ2n) is 5.64. The molecule has 0 amide bonds. The summed E-state index contributed by atoms with van der Waals surface area (Å²) in [7, 11) is 0.